The van der Waals surface area contributed by atoms with Crippen molar-refractivity contribution in [3.63, 3.8) is 0 Å². The molecule has 3 aromatic rings. The van der Waals surface area contributed by atoms with Crippen LogP contribution < -0.4 is 10.2 Å². The first-order valence-corrected chi connectivity index (χ1v) is 13.9. The summed E-state index contributed by atoms with van der Waals surface area (Å²) in [5.41, 5.74) is 2.70. The lowest BCUT2D eigenvalue weighted by molar-refractivity contribution is -0.125. The second-order valence-corrected chi connectivity index (χ2v) is 11.3. The number of benzene rings is 1. The Kier molecular flexibility index (Phi) is 7.63. The van der Waals surface area contributed by atoms with Crippen molar-refractivity contribution in [2.24, 2.45) is 11.8 Å². The second kappa shape index (κ2) is 11.0. The van der Waals surface area contributed by atoms with Gasteiger partial charge in [-0.15, -0.1) is 11.3 Å². The van der Waals surface area contributed by atoms with Crippen LogP contribution >= 0.6 is 11.3 Å². The van der Waals surface area contributed by atoms with Crippen LogP contribution in [-0.2, 0) is 17.8 Å². The average Bonchev–Trinajstić information content (AvgIpc) is 3.33. The number of piperidine rings is 2. The predicted molar refractivity (Wildman–Crippen MR) is 144 cm³/mol. The van der Waals surface area contributed by atoms with Crippen molar-refractivity contribution in [1.82, 2.24) is 20.2 Å². The fourth-order valence-electron chi connectivity index (χ4n) is 5.36. The third kappa shape index (κ3) is 5.84. The third-order valence-corrected chi connectivity index (χ3v) is 8.86. The van der Waals surface area contributed by atoms with Gasteiger partial charge in [0.15, 0.2) is 0 Å². The van der Waals surface area contributed by atoms with Gasteiger partial charge in [-0.3, -0.25) is 9.69 Å². The molecule has 0 bridgehead atoms. The number of amides is 1. The monoisotopic (exact) mass is 491 g/mol. The smallest absolute Gasteiger partial charge is 0.223 e. The summed E-state index contributed by atoms with van der Waals surface area (Å²) in [5, 5.41) is 4.45. The van der Waals surface area contributed by atoms with Gasteiger partial charge in [-0.2, -0.15) is 0 Å². The van der Waals surface area contributed by atoms with Gasteiger partial charge in [0.05, 0.1) is 5.39 Å². The van der Waals surface area contributed by atoms with Crippen LogP contribution in [-0.4, -0.2) is 53.5 Å². The first kappa shape index (κ1) is 24.2. The first-order chi connectivity index (χ1) is 17.1. The predicted octanol–water partition coefficient (Wildman–Crippen LogP) is 4.81. The Labute approximate surface area is 212 Å². The molecular formula is C28H37N5OS. The van der Waals surface area contributed by atoms with Crippen molar-refractivity contribution >= 4 is 33.3 Å². The SMILES string of the molecule is CCc1cc2c(N3CCC(C(=O)NCC4CCN(Cc5ccc(C)cc5)CC4)CC3)ncnc2s1. The number of aryl methyl sites for hydroxylation is 2. The highest BCUT2D eigenvalue weighted by atomic mass is 32.1. The first-order valence-electron chi connectivity index (χ1n) is 13.1. The summed E-state index contributed by atoms with van der Waals surface area (Å²) in [6.07, 6.45) is 6.80. The van der Waals surface area contributed by atoms with Gasteiger partial charge in [-0.1, -0.05) is 36.8 Å². The lowest BCUT2D eigenvalue weighted by atomic mass is 9.93. The molecule has 2 fully saturated rings. The molecule has 1 N–H and O–H groups in total. The number of nitrogens with zero attached hydrogens (tertiary/aromatic N) is 4. The minimum atomic E-state index is 0.110. The van der Waals surface area contributed by atoms with Crippen molar-refractivity contribution < 1.29 is 4.79 Å². The van der Waals surface area contributed by atoms with Gasteiger partial charge in [0.1, 0.15) is 17.0 Å². The maximum atomic E-state index is 12.9. The number of likely N-dealkylation sites (tertiary alicyclic amines) is 1. The van der Waals surface area contributed by atoms with Crippen LogP contribution in [0.25, 0.3) is 10.2 Å². The number of anilines is 1. The Morgan fingerprint density at radius 1 is 1.06 bits per heavy atom. The van der Waals surface area contributed by atoms with E-state index in [-0.39, 0.29) is 11.8 Å². The van der Waals surface area contributed by atoms with Gasteiger partial charge in [0, 0.05) is 37.0 Å². The lowest BCUT2D eigenvalue weighted by Gasteiger charge is -2.34. The van der Waals surface area contributed by atoms with Crippen molar-refractivity contribution in [3.05, 3.63) is 52.7 Å². The molecule has 0 saturated carbocycles. The molecular weight excluding hydrogens is 454 g/mol. The van der Waals surface area contributed by atoms with Crippen LogP contribution in [0.15, 0.2) is 36.7 Å². The topological polar surface area (TPSA) is 61.4 Å². The van der Waals surface area contributed by atoms with Crippen LogP contribution in [0.4, 0.5) is 5.82 Å². The normalized spacial score (nSPS) is 18.3. The second-order valence-electron chi connectivity index (χ2n) is 10.2. The van der Waals surface area contributed by atoms with Crippen molar-refractivity contribution in [2.45, 2.75) is 52.5 Å². The average molecular weight is 492 g/mol. The number of thiophene rings is 1. The summed E-state index contributed by atoms with van der Waals surface area (Å²) < 4.78 is 0. The van der Waals surface area contributed by atoms with Crippen LogP contribution in [0, 0.1) is 18.8 Å². The highest BCUT2D eigenvalue weighted by Crippen LogP contribution is 2.32. The number of aromatic nitrogens is 2. The number of hydrogen-bond acceptors (Lipinski definition) is 6. The minimum Gasteiger partial charge on any atom is -0.356 e. The zero-order chi connectivity index (χ0) is 24.2. The zero-order valence-corrected chi connectivity index (χ0v) is 21.8. The van der Waals surface area contributed by atoms with Gasteiger partial charge >= 0.3 is 0 Å². The van der Waals surface area contributed by atoms with E-state index in [2.05, 4.69) is 69.3 Å². The maximum absolute atomic E-state index is 12.9. The number of carbonyl (C=O) groups excluding carboxylic acids is 1. The number of fused-ring (bicyclic) bond motifs is 1. The quantitative estimate of drug-likeness (QED) is 0.514. The summed E-state index contributed by atoms with van der Waals surface area (Å²) in [7, 11) is 0. The van der Waals surface area contributed by atoms with Crippen LogP contribution in [0.2, 0.25) is 0 Å². The molecule has 0 aliphatic carbocycles. The number of carbonyl (C=O) groups is 1. The Morgan fingerprint density at radius 3 is 2.51 bits per heavy atom. The molecule has 7 heteroatoms. The molecule has 0 unspecified atom stereocenters. The van der Waals surface area contributed by atoms with E-state index in [1.54, 1.807) is 17.7 Å². The van der Waals surface area contributed by atoms with Gasteiger partial charge in [-0.25, -0.2) is 9.97 Å². The van der Waals surface area contributed by atoms with Crippen LogP contribution in [0.5, 0.6) is 0 Å². The summed E-state index contributed by atoms with van der Waals surface area (Å²) in [6.45, 7) is 10.1. The van der Waals surface area contributed by atoms with E-state index in [1.807, 2.05) is 0 Å². The van der Waals surface area contributed by atoms with Gasteiger partial charge in [-0.05, 0) is 69.7 Å². The van der Waals surface area contributed by atoms with Gasteiger partial charge in [0.25, 0.3) is 0 Å². The Morgan fingerprint density at radius 2 is 1.80 bits per heavy atom. The standard InChI is InChI=1S/C28H37N5OS/c1-3-24-16-25-26(30-19-31-28(25)35-24)33-14-10-23(11-15-33)27(34)29-17-21-8-12-32(13-9-21)18-22-6-4-20(2)5-7-22/h4-7,16,19,21,23H,3,8-15,17-18H2,1-2H3,(H,29,34). The molecule has 2 aliphatic rings. The molecule has 6 nitrogen and oxygen atoms in total. The third-order valence-electron chi connectivity index (χ3n) is 7.67. The van der Waals surface area contributed by atoms with Crippen molar-refractivity contribution in [1.29, 1.82) is 0 Å². The molecule has 0 radical (unpaired) electrons. The van der Waals surface area contributed by atoms with Gasteiger partial charge < -0.3 is 10.2 Å². The summed E-state index contributed by atoms with van der Waals surface area (Å²) in [4.78, 5) is 29.3. The van der Waals surface area contributed by atoms with Gasteiger partial charge in [0.2, 0.25) is 5.91 Å². The zero-order valence-electron chi connectivity index (χ0n) is 21.0. The molecule has 0 spiro atoms. The summed E-state index contributed by atoms with van der Waals surface area (Å²) in [6, 6.07) is 11.1. The molecule has 2 aromatic heterocycles. The largest absolute Gasteiger partial charge is 0.356 e. The lowest BCUT2D eigenvalue weighted by Crippen LogP contribution is -2.43. The van der Waals surface area contributed by atoms with E-state index >= 15 is 0 Å². The highest BCUT2D eigenvalue weighted by Gasteiger charge is 2.28. The van der Waals surface area contributed by atoms with Crippen LogP contribution in [0.1, 0.15) is 48.6 Å². The maximum Gasteiger partial charge on any atom is 0.223 e. The van der Waals surface area contributed by atoms with E-state index in [1.165, 1.54) is 16.0 Å². The van der Waals surface area contributed by atoms with Crippen LogP contribution in [0.3, 0.4) is 0 Å². The fourth-order valence-corrected chi connectivity index (χ4v) is 6.29. The Hall–Kier alpha value is -2.51. The molecule has 35 heavy (non-hydrogen) atoms. The van der Waals surface area contributed by atoms with E-state index in [0.717, 1.165) is 87.4 Å². The molecule has 2 aliphatic heterocycles. The number of nitrogens with one attached hydrogen (secondary N) is 1. The molecule has 186 valence electrons. The Bertz CT molecular complexity index is 1130. The molecule has 1 amide bonds. The Balaban J connectivity index is 1.05. The minimum absolute atomic E-state index is 0.110. The molecule has 4 heterocycles. The molecule has 1 aromatic carbocycles. The number of rotatable bonds is 7. The van der Waals surface area contributed by atoms with E-state index < -0.39 is 0 Å². The number of hydrogen-bond donors (Lipinski definition) is 1. The molecule has 0 atom stereocenters. The molecule has 2 saturated heterocycles. The van der Waals surface area contributed by atoms with E-state index in [9.17, 15) is 4.79 Å². The van der Waals surface area contributed by atoms with E-state index in [0.29, 0.717) is 5.92 Å². The molecule has 5 rings (SSSR count). The van der Waals surface area contributed by atoms with E-state index in [4.69, 9.17) is 0 Å². The highest BCUT2D eigenvalue weighted by molar-refractivity contribution is 7.18. The van der Waals surface area contributed by atoms with Crippen molar-refractivity contribution in [2.75, 3.05) is 37.6 Å². The van der Waals surface area contributed by atoms with Crippen molar-refractivity contribution in [3.8, 4) is 0 Å². The summed E-state index contributed by atoms with van der Waals surface area (Å²) in [5.74, 6) is 1.97. The fraction of sp³-hybridized carbons (Fsp3) is 0.536. The summed E-state index contributed by atoms with van der Waals surface area (Å²) >= 11 is 1.76.